The number of amides is 1. The summed E-state index contributed by atoms with van der Waals surface area (Å²) in [5, 5.41) is 2.96. The van der Waals surface area contributed by atoms with Gasteiger partial charge in [0, 0.05) is 36.2 Å². The number of thiazole rings is 1. The fourth-order valence-electron chi connectivity index (χ4n) is 3.09. The molecule has 0 unspecified atom stereocenters. The van der Waals surface area contributed by atoms with Crippen LogP contribution in [0, 0.1) is 5.92 Å². The number of hydrogen-bond acceptors (Lipinski definition) is 4. The van der Waals surface area contributed by atoms with E-state index in [-0.39, 0.29) is 5.91 Å². The molecule has 0 aromatic carbocycles. The Kier molecular flexibility index (Phi) is 3.38. The van der Waals surface area contributed by atoms with Crippen LogP contribution in [0.5, 0.6) is 0 Å². The maximum atomic E-state index is 12.3. The van der Waals surface area contributed by atoms with Gasteiger partial charge in [0.15, 0.2) is 0 Å². The van der Waals surface area contributed by atoms with Crippen LogP contribution < -0.4 is 0 Å². The molecule has 4 heterocycles. The first kappa shape index (κ1) is 13.5. The standard InChI is InChI=1S/C16H16N4OS/c21-16(14-9-22-10-19-14)20-4-2-11(8-20)5-12-6-13-1-3-17-15(13)18-7-12/h1,3,6-7,9-11H,2,4-5,8H2,(H,17,18)/t11-/m0/s1. The molecule has 4 rings (SSSR count). The van der Waals surface area contributed by atoms with Crippen molar-refractivity contribution < 1.29 is 4.79 Å². The number of nitrogens with zero attached hydrogens (tertiary/aromatic N) is 3. The van der Waals surface area contributed by atoms with Gasteiger partial charge in [-0.25, -0.2) is 9.97 Å². The SMILES string of the molecule is O=C(c1cscn1)N1CC[C@@H](Cc2cnc3[nH]ccc3c2)C1. The summed E-state index contributed by atoms with van der Waals surface area (Å²) in [5.74, 6) is 0.559. The van der Waals surface area contributed by atoms with Crippen LogP contribution in [0.25, 0.3) is 11.0 Å². The number of aromatic amines is 1. The molecule has 0 spiro atoms. The number of rotatable bonds is 3. The van der Waals surface area contributed by atoms with Crippen LogP contribution in [0.3, 0.4) is 0 Å². The number of carbonyl (C=O) groups is 1. The maximum absolute atomic E-state index is 12.3. The Morgan fingerprint density at radius 1 is 1.45 bits per heavy atom. The van der Waals surface area contributed by atoms with Gasteiger partial charge in [-0.3, -0.25) is 4.79 Å². The smallest absolute Gasteiger partial charge is 0.273 e. The van der Waals surface area contributed by atoms with Gasteiger partial charge in [0.1, 0.15) is 11.3 Å². The largest absolute Gasteiger partial charge is 0.346 e. The predicted molar refractivity (Wildman–Crippen MR) is 85.9 cm³/mol. The minimum absolute atomic E-state index is 0.0583. The van der Waals surface area contributed by atoms with Gasteiger partial charge in [-0.2, -0.15) is 0 Å². The molecule has 6 heteroatoms. The Morgan fingerprint density at radius 2 is 2.41 bits per heavy atom. The zero-order valence-corrected chi connectivity index (χ0v) is 12.8. The van der Waals surface area contributed by atoms with E-state index >= 15 is 0 Å². The first-order valence-electron chi connectivity index (χ1n) is 7.39. The second kappa shape index (κ2) is 5.53. The molecule has 0 aliphatic carbocycles. The van der Waals surface area contributed by atoms with E-state index < -0.39 is 0 Å². The van der Waals surface area contributed by atoms with Crippen LogP contribution in [0.1, 0.15) is 22.5 Å². The first-order valence-corrected chi connectivity index (χ1v) is 8.33. The molecule has 5 nitrogen and oxygen atoms in total. The molecule has 0 saturated carbocycles. The molecule has 0 bridgehead atoms. The summed E-state index contributed by atoms with van der Waals surface area (Å²) in [4.78, 5) is 25.9. The highest BCUT2D eigenvalue weighted by molar-refractivity contribution is 7.07. The highest BCUT2D eigenvalue weighted by Gasteiger charge is 2.27. The second-order valence-corrected chi connectivity index (χ2v) is 6.46. The van der Waals surface area contributed by atoms with Crippen molar-refractivity contribution in [2.24, 2.45) is 5.92 Å². The van der Waals surface area contributed by atoms with E-state index in [1.807, 2.05) is 28.7 Å². The third-order valence-corrected chi connectivity index (χ3v) is 4.79. The van der Waals surface area contributed by atoms with Crippen molar-refractivity contribution in [1.29, 1.82) is 0 Å². The van der Waals surface area contributed by atoms with Crippen molar-refractivity contribution in [2.75, 3.05) is 13.1 Å². The molecular formula is C16H16N4OS. The average molecular weight is 312 g/mol. The Balaban J connectivity index is 1.43. The van der Waals surface area contributed by atoms with Gasteiger partial charge >= 0.3 is 0 Å². The highest BCUT2D eigenvalue weighted by Crippen LogP contribution is 2.23. The summed E-state index contributed by atoms with van der Waals surface area (Å²) >= 11 is 1.46. The summed E-state index contributed by atoms with van der Waals surface area (Å²) in [6.07, 6.45) is 5.85. The van der Waals surface area contributed by atoms with Crippen LogP contribution in [0.4, 0.5) is 0 Å². The lowest BCUT2D eigenvalue weighted by atomic mass is 9.99. The van der Waals surface area contributed by atoms with E-state index in [1.165, 1.54) is 16.9 Å². The van der Waals surface area contributed by atoms with Crippen LogP contribution in [0.15, 0.2) is 35.4 Å². The Morgan fingerprint density at radius 3 is 3.27 bits per heavy atom. The van der Waals surface area contributed by atoms with E-state index in [1.54, 1.807) is 5.51 Å². The van der Waals surface area contributed by atoms with Crippen LogP contribution in [-0.2, 0) is 6.42 Å². The quantitative estimate of drug-likeness (QED) is 0.809. The van der Waals surface area contributed by atoms with Crippen LogP contribution >= 0.6 is 11.3 Å². The number of aromatic nitrogens is 3. The molecule has 1 saturated heterocycles. The fraction of sp³-hybridized carbons (Fsp3) is 0.312. The average Bonchev–Trinajstić information content (AvgIpc) is 3.27. The van der Waals surface area contributed by atoms with Crippen molar-refractivity contribution in [2.45, 2.75) is 12.8 Å². The molecule has 3 aromatic rings. The number of H-pyrrole nitrogens is 1. The summed E-state index contributed by atoms with van der Waals surface area (Å²) in [6, 6.07) is 4.22. The highest BCUT2D eigenvalue weighted by atomic mass is 32.1. The van der Waals surface area contributed by atoms with E-state index in [4.69, 9.17) is 0 Å². The molecule has 112 valence electrons. The summed E-state index contributed by atoms with van der Waals surface area (Å²) in [7, 11) is 0. The Labute approximate surface area is 132 Å². The molecule has 1 aliphatic heterocycles. The third kappa shape index (κ3) is 2.50. The first-order chi connectivity index (χ1) is 10.8. The Bertz CT molecular complexity index is 795. The van der Waals surface area contributed by atoms with E-state index in [2.05, 4.69) is 21.0 Å². The number of hydrogen-bond donors (Lipinski definition) is 1. The van der Waals surface area contributed by atoms with Gasteiger partial charge in [0.2, 0.25) is 0 Å². The van der Waals surface area contributed by atoms with Gasteiger partial charge in [-0.15, -0.1) is 11.3 Å². The van der Waals surface area contributed by atoms with Crippen LogP contribution in [-0.4, -0.2) is 38.8 Å². The zero-order valence-electron chi connectivity index (χ0n) is 12.0. The van der Waals surface area contributed by atoms with Gasteiger partial charge in [0.25, 0.3) is 5.91 Å². The molecule has 1 aliphatic rings. The number of carbonyl (C=O) groups excluding carboxylic acids is 1. The molecule has 1 fully saturated rings. The van der Waals surface area contributed by atoms with E-state index in [9.17, 15) is 4.79 Å². The fourth-order valence-corrected chi connectivity index (χ4v) is 3.62. The number of nitrogens with one attached hydrogen (secondary N) is 1. The number of likely N-dealkylation sites (tertiary alicyclic amines) is 1. The number of fused-ring (bicyclic) bond motifs is 1. The van der Waals surface area contributed by atoms with Crippen LogP contribution in [0.2, 0.25) is 0 Å². The van der Waals surface area contributed by atoms with Crippen molar-refractivity contribution in [3.63, 3.8) is 0 Å². The van der Waals surface area contributed by atoms with Gasteiger partial charge < -0.3 is 9.88 Å². The van der Waals surface area contributed by atoms with E-state index in [0.717, 1.165) is 37.0 Å². The number of pyridine rings is 1. The van der Waals surface area contributed by atoms with Crippen molar-refractivity contribution in [3.8, 4) is 0 Å². The van der Waals surface area contributed by atoms with E-state index in [0.29, 0.717) is 11.6 Å². The van der Waals surface area contributed by atoms with Gasteiger partial charge in [-0.05, 0) is 36.5 Å². The molecule has 3 aromatic heterocycles. The second-order valence-electron chi connectivity index (χ2n) is 5.74. The lowest BCUT2D eigenvalue weighted by Crippen LogP contribution is -2.29. The topological polar surface area (TPSA) is 61.9 Å². The molecule has 1 amide bonds. The van der Waals surface area contributed by atoms with Crippen molar-refractivity contribution >= 4 is 28.3 Å². The normalized spacial score (nSPS) is 18.2. The summed E-state index contributed by atoms with van der Waals surface area (Å²) < 4.78 is 0. The minimum Gasteiger partial charge on any atom is -0.346 e. The van der Waals surface area contributed by atoms with Crippen molar-refractivity contribution in [3.05, 3.63) is 46.7 Å². The Hall–Kier alpha value is -2.21. The van der Waals surface area contributed by atoms with Gasteiger partial charge in [-0.1, -0.05) is 0 Å². The lowest BCUT2D eigenvalue weighted by Gasteiger charge is -2.15. The lowest BCUT2D eigenvalue weighted by molar-refractivity contribution is 0.0782. The molecule has 1 atom stereocenters. The molecule has 22 heavy (non-hydrogen) atoms. The zero-order chi connectivity index (χ0) is 14.9. The summed E-state index contributed by atoms with van der Waals surface area (Å²) in [6.45, 7) is 1.63. The molecule has 0 radical (unpaired) electrons. The maximum Gasteiger partial charge on any atom is 0.273 e. The molecular weight excluding hydrogens is 296 g/mol. The third-order valence-electron chi connectivity index (χ3n) is 4.21. The van der Waals surface area contributed by atoms with Gasteiger partial charge in [0.05, 0.1) is 5.51 Å². The summed E-state index contributed by atoms with van der Waals surface area (Å²) in [5.41, 5.74) is 4.44. The molecule has 1 N–H and O–H groups in total. The monoisotopic (exact) mass is 312 g/mol. The minimum atomic E-state index is 0.0583. The van der Waals surface area contributed by atoms with Crippen molar-refractivity contribution in [1.82, 2.24) is 19.9 Å². The predicted octanol–water partition coefficient (Wildman–Crippen LogP) is 2.72.